The van der Waals surface area contributed by atoms with E-state index in [-0.39, 0.29) is 30.9 Å². The minimum absolute atomic E-state index is 0.150. The lowest BCUT2D eigenvalue weighted by molar-refractivity contribution is -0.150. The number of esters is 2. The first kappa shape index (κ1) is 23.0. The highest BCUT2D eigenvalue weighted by molar-refractivity contribution is 7.15. The number of benzene rings is 1. The molecule has 7 nitrogen and oxygen atoms in total. The van der Waals surface area contributed by atoms with Gasteiger partial charge in [-0.2, -0.15) is 0 Å². The summed E-state index contributed by atoms with van der Waals surface area (Å²) in [6.45, 7) is 5.54. The number of ether oxygens (including phenoxy) is 2. The van der Waals surface area contributed by atoms with Crippen molar-refractivity contribution in [3.05, 3.63) is 41.3 Å². The van der Waals surface area contributed by atoms with E-state index < -0.39 is 5.97 Å². The molecule has 0 aliphatic carbocycles. The van der Waals surface area contributed by atoms with Gasteiger partial charge in [-0.3, -0.25) is 14.5 Å². The van der Waals surface area contributed by atoms with E-state index in [1.165, 1.54) is 11.3 Å². The molecule has 0 radical (unpaired) electrons. The first-order valence-corrected chi connectivity index (χ1v) is 11.4. The molecule has 1 amide bonds. The van der Waals surface area contributed by atoms with Crippen molar-refractivity contribution in [1.29, 1.82) is 0 Å². The van der Waals surface area contributed by atoms with Crippen LogP contribution in [-0.4, -0.2) is 55.6 Å². The summed E-state index contributed by atoms with van der Waals surface area (Å²) in [5.41, 5.74) is 1.99. The molecule has 1 saturated heterocycles. The van der Waals surface area contributed by atoms with Crippen molar-refractivity contribution >= 4 is 34.2 Å². The highest BCUT2D eigenvalue weighted by Gasteiger charge is 2.28. The van der Waals surface area contributed by atoms with Crippen molar-refractivity contribution in [3.63, 3.8) is 0 Å². The maximum absolute atomic E-state index is 12.7. The Hall–Kier alpha value is -2.71. The molecule has 0 saturated carbocycles. The molecule has 0 unspecified atom stereocenters. The Labute approximate surface area is 186 Å². The lowest BCUT2D eigenvalue weighted by atomic mass is 9.98. The Kier molecular flexibility index (Phi) is 8.20. The maximum atomic E-state index is 12.7. The number of nitrogens with zero attached hydrogens (tertiary/aromatic N) is 1. The van der Waals surface area contributed by atoms with Gasteiger partial charge in [0.2, 0.25) is 5.91 Å². The number of rotatable bonds is 8. The van der Waals surface area contributed by atoms with E-state index in [1.807, 2.05) is 40.6 Å². The van der Waals surface area contributed by atoms with Gasteiger partial charge < -0.3 is 14.8 Å². The zero-order valence-electron chi connectivity index (χ0n) is 17.9. The van der Waals surface area contributed by atoms with Crippen LogP contribution in [0, 0.1) is 5.92 Å². The monoisotopic (exact) mass is 444 g/mol. The SMILES string of the molecule is CCOC(=O)c1c(-c2ccccc2)csc1NC(=O)CN1CCC[C@@H](C(=O)OCC)C1. The van der Waals surface area contributed by atoms with Crippen LogP contribution in [0.25, 0.3) is 11.1 Å². The van der Waals surface area contributed by atoms with Gasteiger partial charge in [-0.1, -0.05) is 30.3 Å². The van der Waals surface area contributed by atoms with Crippen LogP contribution in [0.4, 0.5) is 5.00 Å². The number of amides is 1. The first-order valence-electron chi connectivity index (χ1n) is 10.6. The number of nitrogens with one attached hydrogen (secondary N) is 1. The van der Waals surface area contributed by atoms with E-state index in [4.69, 9.17) is 9.47 Å². The number of carbonyl (C=O) groups is 3. The number of likely N-dealkylation sites (tertiary alicyclic amines) is 1. The van der Waals surface area contributed by atoms with E-state index in [0.29, 0.717) is 23.7 Å². The predicted octanol–water partition coefficient (Wildman–Crippen LogP) is 3.81. The second-order valence-electron chi connectivity index (χ2n) is 7.31. The van der Waals surface area contributed by atoms with Gasteiger partial charge in [-0.15, -0.1) is 11.3 Å². The molecule has 1 N–H and O–H groups in total. The third-order valence-corrected chi connectivity index (χ3v) is 6.00. The van der Waals surface area contributed by atoms with Crippen LogP contribution in [0.15, 0.2) is 35.7 Å². The topological polar surface area (TPSA) is 84.9 Å². The molecule has 1 fully saturated rings. The summed E-state index contributed by atoms with van der Waals surface area (Å²) in [5.74, 6) is -1.10. The molecule has 8 heteroatoms. The van der Waals surface area contributed by atoms with Gasteiger partial charge in [0.1, 0.15) is 10.6 Å². The number of hydrogen-bond acceptors (Lipinski definition) is 7. The van der Waals surface area contributed by atoms with Gasteiger partial charge in [0.05, 0.1) is 25.7 Å². The molecular formula is C23H28N2O5S. The quantitative estimate of drug-likeness (QED) is 0.624. The zero-order chi connectivity index (χ0) is 22.2. The summed E-state index contributed by atoms with van der Waals surface area (Å²) < 4.78 is 10.4. The van der Waals surface area contributed by atoms with Crippen molar-refractivity contribution < 1.29 is 23.9 Å². The molecule has 1 aliphatic heterocycles. The number of anilines is 1. The van der Waals surface area contributed by atoms with Crippen LogP contribution in [-0.2, 0) is 19.1 Å². The third kappa shape index (κ3) is 5.92. The van der Waals surface area contributed by atoms with Crippen LogP contribution in [0.2, 0.25) is 0 Å². The lowest BCUT2D eigenvalue weighted by Crippen LogP contribution is -2.43. The Morgan fingerprint density at radius 1 is 1.13 bits per heavy atom. The summed E-state index contributed by atoms with van der Waals surface area (Å²) in [7, 11) is 0. The van der Waals surface area contributed by atoms with Gasteiger partial charge in [0.15, 0.2) is 0 Å². The van der Waals surface area contributed by atoms with Crippen molar-refractivity contribution in [1.82, 2.24) is 4.90 Å². The minimum atomic E-state index is -0.460. The van der Waals surface area contributed by atoms with E-state index in [1.54, 1.807) is 13.8 Å². The molecule has 1 atom stereocenters. The average Bonchev–Trinajstić information content (AvgIpc) is 3.18. The van der Waals surface area contributed by atoms with Crippen LogP contribution < -0.4 is 5.32 Å². The molecular weight excluding hydrogens is 416 g/mol. The Balaban J connectivity index is 1.71. The van der Waals surface area contributed by atoms with E-state index in [0.717, 1.165) is 30.5 Å². The summed E-state index contributed by atoms with van der Waals surface area (Å²) in [4.78, 5) is 39.4. The third-order valence-electron chi connectivity index (χ3n) is 5.10. The van der Waals surface area contributed by atoms with Crippen LogP contribution >= 0.6 is 11.3 Å². The smallest absolute Gasteiger partial charge is 0.341 e. The lowest BCUT2D eigenvalue weighted by Gasteiger charge is -2.30. The number of piperidine rings is 1. The average molecular weight is 445 g/mol. The van der Waals surface area contributed by atoms with Gasteiger partial charge >= 0.3 is 11.9 Å². The van der Waals surface area contributed by atoms with Gasteiger partial charge in [-0.05, 0) is 38.8 Å². The second-order valence-corrected chi connectivity index (χ2v) is 8.19. The molecule has 0 bridgehead atoms. The van der Waals surface area contributed by atoms with Gasteiger partial charge in [-0.25, -0.2) is 4.79 Å². The van der Waals surface area contributed by atoms with Crippen molar-refractivity contribution in [2.45, 2.75) is 26.7 Å². The van der Waals surface area contributed by atoms with Gasteiger partial charge in [0, 0.05) is 17.5 Å². The minimum Gasteiger partial charge on any atom is -0.466 e. The molecule has 1 aliphatic rings. The molecule has 31 heavy (non-hydrogen) atoms. The standard InChI is InChI=1S/C23H28N2O5S/c1-3-29-22(27)17-11-8-12-25(13-17)14-19(26)24-21-20(23(28)30-4-2)18(15-31-21)16-9-6-5-7-10-16/h5-7,9-10,15,17H,3-4,8,11-14H2,1-2H3,(H,24,26)/t17-/m1/s1. The molecule has 3 rings (SSSR count). The second kappa shape index (κ2) is 11.1. The Morgan fingerprint density at radius 2 is 1.87 bits per heavy atom. The number of thiophene rings is 1. The summed E-state index contributed by atoms with van der Waals surface area (Å²) >= 11 is 1.30. The molecule has 2 aromatic rings. The van der Waals surface area contributed by atoms with Crippen molar-refractivity contribution in [2.24, 2.45) is 5.92 Å². The van der Waals surface area contributed by atoms with Crippen molar-refractivity contribution in [2.75, 3.05) is 38.2 Å². The normalized spacial score (nSPS) is 16.5. The highest BCUT2D eigenvalue weighted by Crippen LogP contribution is 2.36. The zero-order valence-corrected chi connectivity index (χ0v) is 18.7. The highest BCUT2D eigenvalue weighted by atomic mass is 32.1. The summed E-state index contributed by atoms with van der Waals surface area (Å²) in [5, 5.41) is 5.21. The fraction of sp³-hybridized carbons (Fsp3) is 0.435. The number of hydrogen-bond donors (Lipinski definition) is 1. The molecule has 166 valence electrons. The summed E-state index contributed by atoms with van der Waals surface area (Å²) in [6, 6.07) is 9.54. The van der Waals surface area contributed by atoms with E-state index in [2.05, 4.69) is 5.32 Å². The molecule has 1 aromatic heterocycles. The predicted molar refractivity (Wildman–Crippen MR) is 120 cm³/mol. The number of carbonyl (C=O) groups excluding carboxylic acids is 3. The Morgan fingerprint density at radius 3 is 2.58 bits per heavy atom. The fourth-order valence-electron chi connectivity index (χ4n) is 3.71. The van der Waals surface area contributed by atoms with E-state index >= 15 is 0 Å². The summed E-state index contributed by atoms with van der Waals surface area (Å²) in [6.07, 6.45) is 1.61. The van der Waals surface area contributed by atoms with Crippen LogP contribution in [0.3, 0.4) is 0 Å². The largest absolute Gasteiger partial charge is 0.466 e. The molecule has 2 heterocycles. The van der Waals surface area contributed by atoms with Crippen LogP contribution in [0.1, 0.15) is 37.0 Å². The first-order chi connectivity index (χ1) is 15.0. The fourth-order valence-corrected chi connectivity index (χ4v) is 4.68. The maximum Gasteiger partial charge on any atom is 0.341 e. The van der Waals surface area contributed by atoms with Crippen molar-refractivity contribution in [3.8, 4) is 11.1 Å². The molecule has 1 aromatic carbocycles. The Bertz CT molecular complexity index is 912. The van der Waals surface area contributed by atoms with E-state index in [9.17, 15) is 14.4 Å². The van der Waals surface area contributed by atoms with Crippen LogP contribution in [0.5, 0.6) is 0 Å². The van der Waals surface area contributed by atoms with Gasteiger partial charge in [0.25, 0.3) is 0 Å². The molecule has 0 spiro atoms.